The number of carbonyl (C=O) groups excluding carboxylic acids is 1. The molecule has 2 aromatic carbocycles. The van der Waals surface area contributed by atoms with E-state index in [0.717, 1.165) is 37.8 Å². The van der Waals surface area contributed by atoms with Crippen molar-refractivity contribution in [2.24, 2.45) is 16.8 Å². The van der Waals surface area contributed by atoms with E-state index in [1.54, 1.807) is 17.9 Å². The van der Waals surface area contributed by atoms with Crippen LogP contribution in [0.1, 0.15) is 85.9 Å². The number of carbonyl (C=O) groups is 1. The number of piperidine rings is 1. The molecule has 48 heavy (non-hydrogen) atoms. The molecule has 7 nitrogen and oxygen atoms in total. The summed E-state index contributed by atoms with van der Waals surface area (Å²) in [5.74, 6) is 0.319. The first kappa shape index (κ1) is 35.9. The number of alkyl halides is 6. The van der Waals surface area contributed by atoms with Gasteiger partial charge in [-0.2, -0.15) is 26.3 Å². The van der Waals surface area contributed by atoms with Crippen LogP contribution in [0, 0.1) is 24.6 Å². The van der Waals surface area contributed by atoms with E-state index in [-0.39, 0.29) is 29.6 Å². The molecule has 0 radical (unpaired) electrons. The van der Waals surface area contributed by atoms with Gasteiger partial charge in [0.2, 0.25) is 5.90 Å². The number of likely N-dealkylation sites (tertiary alicyclic amines) is 2. The Morgan fingerprint density at radius 3 is 2.38 bits per heavy atom. The zero-order valence-electron chi connectivity index (χ0n) is 27.5. The maximum Gasteiger partial charge on any atom is 0.416 e. The fourth-order valence-corrected chi connectivity index (χ4v) is 7.14. The maximum absolute atomic E-state index is 14.2. The summed E-state index contributed by atoms with van der Waals surface area (Å²) in [7, 11) is 1.37. The van der Waals surface area contributed by atoms with Gasteiger partial charge in [-0.3, -0.25) is 0 Å². The van der Waals surface area contributed by atoms with Gasteiger partial charge in [-0.15, -0.1) is 5.48 Å². The molecule has 14 heteroatoms. The highest BCUT2D eigenvalue weighted by Crippen LogP contribution is 2.42. The molecular weight excluding hydrogens is 643 g/mol. The van der Waals surface area contributed by atoms with E-state index in [9.17, 15) is 35.5 Å². The molecule has 2 saturated heterocycles. The summed E-state index contributed by atoms with van der Waals surface area (Å²) < 4.78 is 95.8. The van der Waals surface area contributed by atoms with Gasteiger partial charge in [-0.25, -0.2) is 14.2 Å². The molecule has 3 aliphatic rings. The Labute approximate surface area is 276 Å². The molecule has 0 aromatic heterocycles. The maximum atomic E-state index is 14.2. The average molecular weight is 686 g/mol. The van der Waals surface area contributed by atoms with Gasteiger partial charge in [-0.05, 0) is 99.0 Å². The van der Waals surface area contributed by atoms with Gasteiger partial charge < -0.3 is 19.5 Å². The van der Waals surface area contributed by atoms with Crippen LogP contribution in [-0.2, 0) is 17.2 Å². The lowest BCUT2D eigenvalue weighted by Gasteiger charge is -2.38. The van der Waals surface area contributed by atoms with Gasteiger partial charge >= 0.3 is 18.4 Å². The van der Waals surface area contributed by atoms with Crippen molar-refractivity contribution in [2.75, 3.05) is 33.2 Å². The summed E-state index contributed by atoms with van der Waals surface area (Å²) in [4.78, 5) is 29.7. The first-order chi connectivity index (χ1) is 22.6. The Bertz CT molecular complexity index is 1460. The minimum Gasteiger partial charge on any atom is -0.391 e. The monoisotopic (exact) mass is 685 g/mol. The normalized spacial score (nSPS) is 24.4. The molecule has 5 atom stereocenters. The summed E-state index contributed by atoms with van der Waals surface area (Å²) in [6, 6.07) is 3.63. The van der Waals surface area contributed by atoms with E-state index in [4.69, 9.17) is 9.83 Å². The molecule has 0 saturated carbocycles. The first-order valence-corrected chi connectivity index (χ1v) is 16.4. The SMILES string of the molecule is CCCC1N=C(C2CCCN(C[C@H]3CCN(C(=O)N(C)[C@@H](C)c4cc(C(F)(F)F)cc(C(F)(F)F)c4)C3c3ccc(F)cc3C)C2)ON1. The number of hydroxylamine groups is 1. The molecule has 5 rings (SSSR count). The molecule has 2 aromatic rings. The standard InChI is InChI=1S/C34H42F7N5O2/c1-5-7-29-42-31(48-43-29)23-8-6-12-45(19-23)18-22-11-13-46(30(22)28-10-9-27(35)14-20(28)2)32(47)44(4)21(3)24-15-25(33(36,37)38)17-26(16-24)34(39,40)41/h9-10,14-17,21-23,29-30,43H,5-8,11-13,18-19H2,1-4H3/t21-,22+,23?,29?,30?/m0/s1. The van der Waals surface area contributed by atoms with Crippen LogP contribution < -0.4 is 5.48 Å². The average Bonchev–Trinajstić information content (AvgIpc) is 3.67. The molecule has 264 valence electrons. The van der Waals surface area contributed by atoms with Crippen molar-refractivity contribution in [3.8, 4) is 0 Å². The summed E-state index contributed by atoms with van der Waals surface area (Å²) in [5.41, 5.74) is 1.22. The number of benzene rings is 2. The van der Waals surface area contributed by atoms with E-state index in [0.29, 0.717) is 49.6 Å². The molecular formula is C34H42F7N5O2. The van der Waals surface area contributed by atoms with E-state index in [1.165, 1.54) is 31.0 Å². The molecule has 1 N–H and O–H groups in total. The number of hydrogen-bond donors (Lipinski definition) is 1. The number of nitrogens with zero attached hydrogens (tertiary/aromatic N) is 4. The van der Waals surface area contributed by atoms with Crippen molar-refractivity contribution in [3.05, 3.63) is 70.0 Å². The van der Waals surface area contributed by atoms with E-state index < -0.39 is 47.4 Å². The fraction of sp³-hybridized carbons (Fsp3) is 0.588. The minimum atomic E-state index is -5.01. The van der Waals surface area contributed by atoms with E-state index >= 15 is 0 Å². The van der Waals surface area contributed by atoms with Crippen molar-refractivity contribution in [2.45, 2.75) is 83.5 Å². The van der Waals surface area contributed by atoms with Gasteiger partial charge in [0.15, 0.2) is 0 Å². The third kappa shape index (κ3) is 7.90. The van der Waals surface area contributed by atoms with Crippen LogP contribution in [0.3, 0.4) is 0 Å². The van der Waals surface area contributed by atoms with Crippen LogP contribution in [0.4, 0.5) is 35.5 Å². The second-order valence-electron chi connectivity index (χ2n) is 13.2. The number of amides is 2. The van der Waals surface area contributed by atoms with Crippen LogP contribution in [0.2, 0.25) is 0 Å². The Balaban J connectivity index is 1.39. The molecule has 2 amide bonds. The van der Waals surface area contributed by atoms with E-state index in [2.05, 4.69) is 17.3 Å². The highest BCUT2D eigenvalue weighted by molar-refractivity contribution is 5.80. The van der Waals surface area contributed by atoms with Gasteiger partial charge in [0.25, 0.3) is 0 Å². The minimum absolute atomic E-state index is 0.0593. The number of hydrogen-bond acceptors (Lipinski definition) is 5. The predicted molar refractivity (Wildman–Crippen MR) is 166 cm³/mol. The molecule has 0 spiro atoms. The number of aliphatic imine (C=N–C) groups is 1. The summed E-state index contributed by atoms with van der Waals surface area (Å²) in [5, 5.41) is 0. The van der Waals surface area contributed by atoms with Crippen molar-refractivity contribution >= 4 is 11.9 Å². The third-order valence-electron chi connectivity index (χ3n) is 9.79. The van der Waals surface area contributed by atoms with E-state index in [1.807, 2.05) is 0 Å². The fourth-order valence-electron chi connectivity index (χ4n) is 7.14. The number of halogens is 7. The second kappa shape index (κ2) is 14.2. The highest BCUT2D eigenvalue weighted by Gasteiger charge is 2.43. The summed E-state index contributed by atoms with van der Waals surface area (Å²) >= 11 is 0. The zero-order chi connectivity index (χ0) is 35.0. The zero-order valence-corrected chi connectivity index (χ0v) is 27.5. The Morgan fingerprint density at radius 1 is 1.06 bits per heavy atom. The first-order valence-electron chi connectivity index (χ1n) is 16.4. The topological polar surface area (TPSA) is 60.4 Å². The van der Waals surface area contributed by atoms with Crippen molar-refractivity contribution < 1.29 is 40.4 Å². The number of aryl methyl sites for hydroxylation is 1. The van der Waals surface area contributed by atoms with Crippen molar-refractivity contribution in [3.63, 3.8) is 0 Å². The molecule has 3 heterocycles. The Hall–Kier alpha value is -3.39. The number of rotatable bonds is 8. The van der Waals surface area contributed by atoms with Gasteiger partial charge in [0, 0.05) is 32.6 Å². The lowest BCUT2D eigenvalue weighted by atomic mass is 9.89. The Morgan fingerprint density at radius 2 is 1.75 bits per heavy atom. The highest BCUT2D eigenvalue weighted by atomic mass is 19.4. The van der Waals surface area contributed by atoms with Crippen LogP contribution in [0.5, 0.6) is 0 Å². The smallest absolute Gasteiger partial charge is 0.391 e. The lowest BCUT2D eigenvalue weighted by Crippen LogP contribution is -2.45. The molecule has 0 aliphatic carbocycles. The van der Waals surface area contributed by atoms with Crippen molar-refractivity contribution in [1.82, 2.24) is 20.2 Å². The van der Waals surface area contributed by atoms with Crippen LogP contribution in [0.15, 0.2) is 41.4 Å². The van der Waals surface area contributed by atoms with Crippen molar-refractivity contribution in [1.29, 1.82) is 0 Å². The molecule has 3 unspecified atom stereocenters. The van der Waals surface area contributed by atoms with Crippen LogP contribution in [0.25, 0.3) is 0 Å². The quantitative estimate of drug-likeness (QED) is 0.285. The summed E-state index contributed by atoms with van der Waals surface area (Å²) in [6.07, 6.45) is -5.77. The number of urea groups is 1. The third-order valence-corrected chi connectivity index (χ3v) is 9.79. The largest absolute Gasteiger partial charge is 0.416 e. The van der Waals surface area contributed by atoms with Gasteiger partial charge in [0.05, 0.1) is 23.2 Å². The molecule has 2 fully saturated rings. The summed E-state index contributed by atoms with van der Waals surface area (Å²) in [6.45, 7) is 7.74. The molecule has 0 bridgehead atoms. The second-order valence-corrected chi connectivity index (χ2v) is 13.2. The lowest BCUT2D eigenvalue weighted by molar-refractivity contribution is -0.143. The van der Waals surface area contributed by atoms with Gasteiger partial charge in [-0.1, -0.05) is 19.4 Å². The van der Waals surface area contributed by atoms with Gasteiger partial charge in [0.1, 0.15) is 12.0 Å². The van der Waals surface area contributed by atoms with Crippen LogP contribution in [-0.4, -0.2) is 66.0 Å². The molecule has 3 aliphatic heterocycles. The van der Waals surface area contributed by atoms with Crippen LogP contribution >= 0.6 is 0 Å². The predicted octanol–water partition coefficient (Wildman–Crippen LogP) is 8.12. The number of nitrogens with one attached hydrogen (secondary N) is 1. The Kier molecular flexibility index (Phi) is 10.6.